The highest BCUT2D eigenvalue weighted by atomic mass is 35.5. The maximum atomic E-state index is 11.1. The Morgan fingerprint density at radius 3 is 2.77 bits per heavy atom. The predicted molar refractivity (Wildman–Crippen MR) is 55.0 cm³/mol. The number of nitrogens with two attached hydrogens (primary N) is 1. The first kappa shape index (κ1) is 10.1. The molecular formula is C10H12ClNO. The van der Waals surface area contributed by atoms with Gasteiger partial charge in [0, 0.05) is 12.1 Å². The minimum absolute atomic E-state index is 0.00247. The van der Waals surface area contributed by atoms with Crippen molar-refractivity contribution in [3.63, 3.8) is 0 Å². The minimum Gasteiger partial charge on any atom is -0.398 e. The second kappa shape index (κ2) is 4.28. The summed E-state index contributed by atoms with van der Waals surface area (Å²) in [5.74, 6) is 0.0518. The van der Waals surface area contributed by atoms with Gasteiger partial charge >= 0.3 is 0 Å². The van der Waals surface area contributed by atoms with Crippen molar-refractivity contribution in [3.8, 4) is 0 Å². The summed E-state index contributed by atoms with van der Waals surface area (Å²) in [6.07, 6.45) is 0.335. The van der Waals surface area contributed by atoms with E-state index in [4.69, 9.17) is 17.3 Å². The summed E-state index contributed by atoms with van der Waals surface area (Å²) >= 11 is 5.42. The number of carbonyl (C=O) groups excluding carboxylic acids is 1. The van der Waals surface area contributed by atoms with Crippen molar-refractivity contribution < 1.29 is 4.79 Å². The third-order valence-corrected chi connectivity index (χ3v) is 2.27. The lowest BCUT2D eigenvalue weighted by Gasteiger charge is -2.06. The summed E-state index contributed by atoms with van der Waals surface area (Å²) in [6.45, 7) is 1.94. The zero-order chi connectivity index (χ0) is 9.84. The fraction of sp³-hybridized carbons (Fsp3) is 0.300. The first-order valence-corrected chi connectivity index (χ1v) is 4.60. The fourth-order valence-electron chi connectivity index (χ4n) is 1.21. The smallest absolute Gasteiger partial charge is 0.152 e. The summed E-state index contributed by atoms with van der Waals surface area (Å²) in [5.41, 5.74) is 8.33. The molecule has 0 atom stereocenters. The molecule has 1 rings (SSSR count). The number of ketones is 1. The van der Waals surface area contributed by atoms with Gasteiger partial charge in [-0.15, -0.1) is 11.6 Å². The number of benzene rings is 1. The number of aryl methyl sites for hydroxylation is 1. The van der Waals surface area contributed by atoms with E-state index < -0.39 is 0 Å². The van der Waals surface area contributed by atoms with Crippen LogP contribution < -0.4 is 5.73 Å². The zero-order valence-corrected chi connectivity index (χ0v) is 8.27. The third kappa shape index (κ3) is 2.46. The van der Waals surface area contributed by atoms with Gasteiger partial charge in [-0.1, -0.05) is 12.1 Å². The standard InChI is InChI=1S/C10H12ClNO/c1-7-3-2-4-10(12)9(7)5-8(13)6-11/h2-4H,5-6,12H2,1H3. The Morgan fingerprint density at radius 1 is 1.54 bits per heavy atom. The number of rotatable bonds is 3. The Hall–Kier alpha value is -1.02. The average molecular weight is 198 g/mol. The molecule has 0 bridgehead atoms. The number of nitrogen functional groups attached to an aromatic ring is 1. The van der Waals surface area contributed by atoms with Crippen LogP contribution in [0.1, 0.15) is 11.1 Å². The molecule has 13 heavy (non-hydrogen) atoms. The SMILES string of the molecule is Cc1cccc(N)c1CC(=O)CCl. The van der Waals surface area contributed by atoms with Crippen LogP contribution in [0.3, 0.4) is 0 Å². The molecule has 3 heteroatoms. The van der Waals surface area contributed by atoms with Crippen molar-refractivity contribution in [2.75, 3.05) is 11.6 Å². The maximum Gasteiger partial charge on any atom is 0.152 e. The van der Waals surface area contributed by atoms with E-state index in [0.717, 1.165) is 11.1 Å². The summed E-state index contributed by atoms with van der Waals surface area (Å²) in [4.78, 5) is 11.1. The molecule has 0 radical (unpaired) electrons. The van der Waals surface area contributed by atoms with Gasteiger partial charge in [0.05, 0.1) is 5.88 Å². The van der Waals surface area contributed by atoms with E-state index in [0.29, 0.717) is 12.1 Å². The van der Waals surface area contributed by atoms with E-state index in [1.165, 1.54) is 0 Å². The summed E-state index contributed by atoms with van der Waals surface area (Å²) in [7, 11) is 0. The van der Waals surface area contributed by atoms with Crippen LogP contribution in [0.2, 0.25) is 0 Å². The molecule has 1 aromatic carbocycles. The monoisotopic (exact) mass is 197 g/mol. The molecule has 0 saturated heterocycles. The quantitative estimate of drug-likeness (QED) is 0.595. The van der Waals surface area contributed by atoms with Crippen molar-refractivity contribution in [1.29, 1.82) is 0 Å². The molecule has 0 heterocycles. The predicted octanol–water partition coefficient (Wildman–Crippen LogP) is 1.93. The molecule has 0 fully saturated rings. The Bertz CT molecular complexity index is 302. The molecule has 0 amide bonds. The van der Waals surface area contributed by atoms with E-state index in [-0.39, 0.29) is 11.7 Å². The van der Waals surface area contributed by atoms with Crippen molar-refractivity contribution in [2.45, 2.75) is 13.3 Å². The topological polar surface area (TPSA) is 43.1 Å². The second-order valence-corrected chi connectivity index (χ2v) is 3.26. The van der Waals surface area contributed by atoms with Crippen LogP contribution in [-0.2, 0) is 11.2 Å². The first-order valence-electron chi connectivity index (χ1n) is 4.06. The highest BCUT2D eigenvalue weighted by Crippen LogP contribution is 2.16. The Kier molecular flexibility index (Phi) is 3.32. The van der Waals surface area contributed by atoms with E-state index in [1.807, 2.05) is 19.1 Å². The van der Waals surface area contributed by atoms with Gasteiger partial charge in [-0.05, 0) is 24.1 Å². The lowest BCUT2D eigenvalue weighted by atomic mass is 10.0. The molecule has 0 aliphatic heterocycles. The molecular weight excluding hydrogens is 186 g/mol. The number of anilines is 1. The summed E-state index contributed by atoms with van der Waals surface area (Å²) < 4.78 is 0. The number of Topliss-reactive ketones (excluding diaryl/α,β-unsaturated/α-hetero) is 1. The van der Waals surface area contributed by atoms with Gasteiger partial charge in [0.25, 0.3) is 0 Å². The molecule has 70 valence electrons. The van der Waals surface area contributed by atoms with E-state index in [2.05, 4.69) is 0 Å². The molecule has 0 aromatic heterocycles. The number of halogens is 1. The Balaban J connectivity index is 2.93. The summed E-state index contributed by atoms with van der Waals surface area (Å²) in [6, 6.07) is 5.61. The van der Waals surface area contributed by atoms with Crippen LogP contribution in [0.25, 0.3) is 0 Å². The fourth-order valence-corrected chi connectivity index (χ4v) is 1.31. The van der Waals surface area contributed by atoms with Gasteiger partial charge in [0.2, 0.25) is 0 Å². The molecule has 0 aliphatic carbocycles. The van der Waals surface area contributed by atoms with Crippen molar-refractivity contribution in [2.24, 2.45) is 0 Å². The molecule has 1 aromatic rings. The van der Waals surface area contributed by atoms with Crippen LogP contribution >= 0.6 is 11.6 Å². The van der Waals surface area contributed by atoms with Gasteiger partial charge in [0.15, 0.2) is 5.78 Å². The number of alkyl halides is 1. The van der Waals surface area contributed by atoms with E-state index >= 15 is 0 Å². The van der Waals surface area contributed by atoms with Crippen LogP contribution in [0.4, 0.5) is 5.69 Å². The normalized spacial score (nSPS) is 10.0. The van der Waals surface area contributed by atoms with Crippen LogP contribution in [0.5, 0.6) is 0 Å². The van der Waals surface area contributed by atoms with Crippen molar-refractivity contribution in [1.82, 2.24) is 0 Å². The Labute approximate surface area is 82.7 Å². The van der Waals surface area contributed by atoms with Crippen molar-refractivity contribution >= 4 is 23.1 Å². The first-order chi connectivity index (χ1) is 6.15. The van der Waals surface area contributed by atoms with Gasteiger partial charge < -0.3 is 5.73 Å². The summed E-state index contributed by atoms with van der Waals surface area (Å²) in [5, 5.41) is 0. The second-order valence-electron chi connectivity index (χ2n) is 2.99. The molecule has 0 spiro atoms. The Morgan fingerprint density at radius 2 is 2.23 bits per heavy atom. The highest BCUT2D eigenvalue weighted by molar-refractivity contribution is 6.27. The minimum atomic E-state index is 0.00247. The number of hydrogen-bond acceptors (Lipinski definition) is 2. The average Bonchev–Trinajstić information content (AvgIpc) is 2.11. The lowest BCUT2D eigenvalue weighted by Crippen LogP contribution is -2.07. The molecule has 2 nitrogen and oxygen atoms in total. The highest BCUT2D eigenvalue weighted by Gasteiger charge is 2.07. The van der Waals surface area contributed by atoms with E-state index in [9.17, 15) is 4.79 Å². The van der Waals surface area contributed by atoms with E-state index in [1.54, 1.807) is 6.07 Å². The van der Waals surface area contributed by atoms with Crippen LogP contribution in [0.15, 0.2) is 18.2 Å². The van der Waals surface area contributed by atoms with Gasteiger partial charge in [-0.25, -0.2) is 0 Å². The number of hydrogen-bond donors (Lipinski definition) is 1. The van der Waals surface area contributed by atoms with Crippen LogP contribution in [-0.4, -0.2) is 11.7 Å². The van der Waals surface area contributed by atoms with Gasteiger partial charge in [-0.2, -0.15) is 0 Å². The van der Waals surface area contributed by atoms with Crippen LogP contribution in [0, 0.1) is 6.92 Å². The maximum absolute atomic E-state index is 11.1. The van der Waals surface area contributed by atoms with Crippen molar-refractivity contribution in [3.05, 3.63) is 29.3 Å². The number of carbonyl (C=O) groups is 1. The van der Waals surface area contributed by atoms with Gasteiger partial charge in [0.1, 0.15) is 0 Å². The zero-order valence-electron chi connectivity index (χ0n) is 7.51. The van der Waals surface area contributed by atoms with Gasteiger partial charge in [-0.3, -0.25) is 4.79 Å². The largest absolute Gasteiger partial charge is 0.398 e. The third-order valence-electron chi connectivity index (χ3n) is 1.97. The lowest BCUT2D eigenvalue weighted by molar-refractivity contribution is -0.116. The molecule has 0 saturated carbocycles. The molecule has 0 aliphatic rings. The molecule has 0 unspecified atom stereocenters. The molecule has 2 N–H and O–H groups in total.